The second-order valence-corrected chi connectivity index (χ2v) is 10.3. The fourth-order valence-corrected chi connectivity index (χ4v) is 5.21. The highest BCUT2D eigenvalue weighted by molar-refractivity contribution is 5.74. The molecule has 0 radical (unpaired) electrons. The molecule has 0 bridgehead atoms. The van der Waals surface area contributed by atoms with Gasteiger partial charge in [0.05, 0.1) is 19.1 Å². The maximum Gasteiger partial charge on any atom is 0.243 e. The lowest BCUT2D eigenvalue weighted by molar-refractivity contribution is -0.129. The van der Waals surface area contributed by atoms with E-state index in [1.807, 2.05) is 24.3 Å². The molecule has 1 amide bonds. The number of carbonyl (C=O) groups is 1. The number of fused-ring (bicyclic) bond motifs is 1. The molecule has 0 spiro atoms. The third kappa shape index (κ3) is 8.25. The van der Waals surface area contributed by atoms with Crippen LogP contribution in [0.4, 0.5) is 0 Å². The number of benzene rings is 2. The molecule has 0 aromatic heterocycles. The van der Waals surface area contributed by atoms with Gasteiger partial charge in [-0.25, -0.2) is 5.48 Å². The van der Waals surface area contributed by atoms with Crippen LogP contribution in [0.25, 0.3) is 11.1 Å². The van der Waals surface area contributed by atoms with Crippen LogP contribution >= 0.6 is 0 Å². The van der Waals surface area contributed by atoms with Crippen LogP contribution in [0.3, 0.4) is 0 Å². The number of allylic oxidation sites excluding steroid dienone is 1. The van der Waals surface area contributed by atoms with Gasteiger partial charge in [0.15, 0.2) is 11.5 Å². The van der Waals surface area contributed by atoms with E-state index >= 15 is 0 Å². The fourth-order valence-electron chi connectivity index (χ4n) is 5.21. The quantitative estimate of drug-likeness (QED) is 0.156. The number of unbranched alkanes of at least 4 members (excludes halogenated alkanes) is 3. The third-order valence-electron chi connectivity index (χ3n) is 7.57. The molecule has 0 saturated carbocycles. The first-order valence-corrected chi connectivity index (χ1v) is 14.3. The minimum atomic E-state index is -0.332. The Bertz CT molecular complexity index is 1230. The zero-order chi connectivity index (χ0) is 29.0. The van der Waals surface area contributed by atoms with E-state index in [1.54, 1.807) is 19.7 Å². The monoisotopic (exact) mass is 566 g/mol. The van der Waals surface area contributed by atoms with E-state index in [0.717, 1.165) is 77.5 Å². The lowest BCUT2D eigenvalue weighted by Crippen LogP contribution is -2.36. The standard InChI is InChI=1S/C32H42N2O7/c1-22-24(9-8-10-26(22)23-12-13-28-31(17-23)40-16-15-39-28)21-41-25-18-29(37-2)27(30(19-25)38-3)20-33-14-7-5-4-6-11-32(35)34-36/h8-10,12-13,17-19,27,29,33,36H,4-7,11,14-16,20-21H2,1-3H3,(H,34,35). The summed E-state index contributed by atoms with van der Waals surface area (Å²) in [6.45, 7) is 5.24. The number of carbonyl (C=O) groups excluding carboxylic acids is 1. The first-order chi connectivity index (χ1) is 20.0. The van der Waals surface area contributed by atoms with E-state index in [0.29, 0.717) is 32.8 Å². The van der Waals surface area contributed by atoms with Crippen LogP contribution in [0.15, 0.2) is 60.1 Å². The topological polar surface area (TPSA) is 108 Å². The first kappa shape index (κ1) is 30.4. The van der Waals surface area contributed by atoms with Crippen molar-refractivity contribution in [1.29, 1.82) is 0 Å². The Morgan fingerprint density at radius 1 is 1.05 bits per heavy atom. The van der Waals surface area contributed by atoms with Crippen LogP contribution in [-0.2, 0) is 25.6 Å². The second kappa shape index (κ2) is 15.5. The second-order valence-electron chi connectivity index (χ2n) is 10.3. The first-order valence-electron chi connectivity index (χ1n) is 14.3. The average molecular weight is 567 g/mol. The predicted octanol–water partition coefficient (Wildman–Crippen LogP) is 5.05. The Balaban J connectivity index is 1.31. The molecule has 0 fully saturated rings. The SMILES string of the molecule is COC1=CC(OCc2cccc(-c3ccc4c(c3)OCCO4)c2C)=CC(OC)C1CNCCCCCCC(=O)NO. The molecule has 2 aromatic rings. The number of methoxy groups -OCH3 is 2. The van der Waals surface area contributed by atoms with Gasteiger partial charge in [-0.2, -0.15) is 0 Å². The van der Waals surface area contributed by atoms with Gasteiger partial charge in [0, 0.05) is 26.2 Å². The highest BCUT2D eigenvalue weighted by atomic mass is 16.6. The summed E-state index contributed by atoms with van der Waals surface area (Å²) in [6, 6.07) is 12.3. The van der Waals surface area contributed by atoms with Crippen LogP contribution in [0.5, 0.6) is 11.5 Å². The van der Waals surface area contributed by atoms with Crippen molar-refractivity contribution >= 4 is 5.91 Å². The molecule has 2 aromatic carbocycles. The fraction of sp³-hybridized carbons (Fsp3) is 0.469. The van der Waals surface area contributed by atoms with Crippen molar-refractivity contribution in [1.82, 2.24) is 10.8 Å². The summed E-state index contributed by atoms with van der Waals surface area (Å²) in [5, 5.41) is 12.1. The number of hydrogen-bond acceptors (Lipinski definition) is 8. The molecule has 9 nitrogen and oxygen atoms in total. The lowest BCUT2D eigenvalue weighted by Gasteiger charge is -2.29. The molecule has 4 rings (SSSR count). The Hall–Kier alpha value is -3.53. The summed E-state index contributed by atoms with van der Waals surface area (Å²) in [6.07, 6.45) is 7.88. The summed E-state index contributed by atoms with van der Waals surface area (Å²) in [4.78, 5) is 11.1. The number of hydrogen-bond donors (Lipinski definition) is 3. The van der Waals surface area contributed by atoms with Gasteiger partial charge >= 0.3 is 0 Å². The van der Waals surface area contributed by atoms with Gasteiger partial charge in [0.25, 0.3) is 0 Å². The van der Waals surface area contributed by atoms with Gasteiger partial charge in [0.1, 0.15) is 31.3 Å². The normalized spacial score (nSPS) is 17.9. The van der Waals surface area contributed by atoms with Crippen LogP contribution in [0, 0.1) is 12.8 Å². The molecule has 2 aliphatic rings. The Morgan fingerprint density at radius 2 is 1.85 bits per heavy atom. The Labute approximate surface area is 242 Å². The Morgan fingerprint density at radius 3 is 2.63 bits per heavy atom. The number of rotatable bonds is 15. The third-order valence-corrected chi connectivity index (χ3v) is 7.57. The van der Waals surface area contributed by atoms with E-state index in [-0.39, 0.29) is 17.9 Å². The van der Waals surface area contributed by atoms with Gasteiger partial charge < -0.3 is 29.0 Å². The largest absolute Gasteiger partial charge is 0.501 e. The average Bonchev–Trinajstić information content (AvgIpc) is 3.01. The zero-order valence-corrected chi connectivity index (χ0v) is 24.2. The van der Waals surface area contributed by atoms with Crippen molar-refractivity contribution in [3.63, 3.8) is 0 Å². The molecule has 2 atom stereocenters. The molecule has 2 unspecified atom stereocenters. The van der Waals surface area contributed by atoms with Crippen LogP contribution in [0.1, 0.15) is 43.2 Å². The smallest absolute Gasteiger partial charge is 0.243 e. The van der Waals surface area contributed by atoms with Crippen molar-refractivity contribution in [2.24, 2.45) is 5.92 Å². The highest BCUT2D eigenvalue weighted by Crippen LogP contribution is 2.36. The number of ether oxygens (including phenoxy) is 5. The van der Waals surface area contributed by atoms with Crippen molar-refractivity contribution < 1.29 is 33.7 Å². The summed E-state index contributed by atoms with van der Waals surface area (Å²) < 4.78 is 29.3. The van der Waals surface area contributed by atoms with Crippen molar-refractivity contribution in [2.45, 2.75) is 51.7 Å². The molecule has 1 aliphatic heterocycles. The van der Waals surface area contributed by atoms with Crippen molar-refractivity contribution in [3.8, 4) is 22.6 Å². The van der Waals surface area contributed by atoms with E-state index < -0.39 is 0 Å². The number of amides is 1. The van der Waals surface area contributed by atoms with Crippen LogP contribution in [0.2, 0.25) is 0 Å². The van der Waals surface area contributed by atoms with Crippen molar-refractivity contribution in [3.05, 3.63) is 71.2 Å². The molecular weight excluding hydrogens is 524 g/mol. The van der Waals surface area contributed by atoms with Gasteiger partial charge in [-0.3, -0.25) is 10.0 Å². The van der Waals surface area contributed by atoms with Gasteiger partial charge in [-0.05, 0) is 66.8 Å². The molecule has 222 valence electrons. The molecule has 3 N–H and O–H groups in total. The molecule has 1 heterocycles. The van der Waals surface area contributed by atoms with Gasteiger partial charge in [-0.15, -0.1) is 0 Å². The molecule has 1 aliphatic carbocycles. The highest BCUT2D eigenvalue weighted by Gasteiger charge is 2.29. The van der Waals surface area contributed by atoms with Crippen molar-refractivity contribution in [2.75, 3.05) is 40.5 Å². The number of hydroxylamine groups is 1. The molecule has 0 saturated heterocycles. The molecule has 9 heteroatoms. The summed E-state index contributed by atoms with van der Waals surface area (Å²) >= 11 is 0. The van der Waals surface area contributed by atoms with Gasteiger partial charge in [0.2, 0.25) is 5.91 Å². The minimum absolute atomic E-state index is 0.0332. The zero-order valence-electron chi connectivity index (χ0n) is 24.2. The Kier molecular flexibility index (Phi) is 11.5. The lowest BCUT2D eigenvalue weighted by atomic mass is 9.94. The number of nitrogens with one attached hydrogen (secondary N) is 2. The van der Waals surface area contributed by atoms with E-state index in [4.69, 9.17) is 28.9 Å². The minimum Gasteiger partial charge on any atom is -0.501 e. The van der Waals surface area contributed by atoms with E-state index in [2.05, 4.69) is 36.5 Å². The predicted molar refractivity (Wildman–Crippen MR) is 156 cm³/mol. The summed E-state index contributed by atoms with van der Waals surface area (Å²) in [7, 11) is 3.38. The maximum absolute atomic E-state index is 11.1. The summed E-state index contributed by atoms with van der Waals surface area (Å²) in [5.41, 5.74) is 6.13. The van der Waals surface area contributed by atoms with Crippen LogP contribution in [-0.4, -0.2) is 57.7 Å². The van der Waals surface area contributed by atoms with E-state index in [1.165, 1.54) is 0 Å². The van der Waals surface area contributed by atoms with Crippen LogP contribution < -0.4 is 20.3 Å². The molecule has 41 heavy (non-hydrogen) atoms. The van der Waals surface area contributed by atoms with E-state index in [9.17, 15) is 4.79 Å². The maximum atomic E-state index is 11.1. The van der Waals surface area contributed by atoms with Gasteiger partial charge in [-0.1, -0.05) is 37.1 Å². The summed E-state index contributed by atoms with van der Waals surface area (Å²) in [5.74, 6) is 2.80. The molecular formula is C32H42N2O7.